The fourth-order valence-electron chi connectivity index (χ4n) is 1.19. The van der Waals surface area contributed by atoms with E-state index in [0.717, 1.165) is 0 Å². The molecule has 0 aromatic carbocycles. The number of halogens is 1. The number of aromatic nitrogens is 1. The molecule has 5 heteroatoms. The van der Waals surface area contributed by atoms with Crippen molar-refractivity contribution < 1.29 is 13.9 Å². The quantitative estimate of drug-likeness (QED) is 0.764. The Bertz CT molecular complexity index is 335. The fraction of sp³-hybridized carbons (Fsp3) is 0.400. The lowest BCUT2D eigenvalue weighted by Crippen LogP contribution is -2.08. The summed E-state index contributed by atoms with van der Waals surface area (Å²) in [5.74, 6) is -0.675. The van der Waals surface area contributed by atoms with Crippen molar-refractivity contribution in [2.24, 2.45) is 0 Å². The highest BCUT2D eigenvalue weighted by atomic mass is 19.1. The fourth-order valence-corrected chi connectivity index (χ4v) is 1.19. The standard InChI is InChI=1S/C10H13FN2O2/c1-2-15-9(14)4-3-7-8(11)5-6-13-10(7)12/h5-6H,2-4H2,1H3,(H2,12,13). The predicted molar refractivity (Wildman–Crippen MR) is 53.6 cm³/mol. The van der Waals surface area contributed by atoms with Crippen molar-refractivity contribution in [2.75, 3.05) is 12.3 Å². The van der Waals surface area contributed by atoms with E-state index in [1.807, 2.05) is 0 Å². The smallest absolute Gasteiger partial charge is 0.306 e. The monoisotopic (exact) mass is 212 g/mol. The summed E-state index contributed by atoms with van der Waals surface area (Å²) in [6.45, 7) is 2.04. The van der Waals surface area contributed by atoms with Crippen LogP contribution in [0.15, 0.2) is 12.3 Å². The van der Waals surface area contributed by atoms with Crippen molar-refractivity contribution in [3.8, 4) is 0 Å². The molecule has 0 atom stereocenters. The summed E-state index contributed by atoms with van der Waals surface area (Å²) in [5, 5.41) is 0. The van der Waals surface area contributed by atoms with Gasteiger partial charge in [-0.25, -0.2) is 9.37 Å². The first-order chi connectivity index (χ1) is 7.15. The third-order valence-corrected chi connectivity index (χ3v) is 1.92. The first-order valence-corrected chi connectivity index (χ1v) is 4.69. The van der Waals surface area contributed by atoms with Crippen molar-refractivity contribution in [1.82, 2.24) is 4.98 Å². The minimum Gasteiger partial charge on any atom is -0.466 e. The van der Waals surface area contributed by atoms with E-state index in [2.05, 4.69) is 4.98 Å². The number of hydrogen-bond donors (Lipinski definition) is 1. The molecule has 0 aliphatic rings. The summed E-state index contributed by atoms with van der Waals surface area (Å²) in [7, 11) is 0. The molecular weight excluding hydrogens is 199 g/mol. The molecule has 0 saturated carbocycles. The van der Waals surface area contributed by atoms with Crippen LogP contribution in [0.3, 0.4) is 0 Å². The molecule has 1 aromatic rings. The summed E-state index contributed by atoms with van der Waals surface area (Å²) >= 11 is 0. The van der Waals surface area contributed by atoms with Crippen molar-refractivity contribution in [3.05, 3.63) is 23.6 Å². The van der Waals surface area contributed by atoms with Crippen molar-refractivity contribution in [2.45, 2.75) is 19.8 Å². The van der Waals surface area contributed by atoms with Gasteiger partial charge >= 0.3 is 5.97 Å². The number of nitrogen functional groups attached to an aromatic ring is 1. The number of carbonyl (C=O) groups is 1. The number of pyridine rings is 1. The summed E-state index contributed by atoms with van der Waals surface area (Å²) < 4.78 is 17.9. The maximum Gasteiger partial charge on any atom is 0.306 e. The molecule has 0 aliphatic carbocycles. The Morgan fingerprint density at radius 3 is 3.00 bits per heavy atom. The van der Waals surface area contributed by atoms with E-state index < -0.39 is 5.82 Å². The van der Waals surface area contributed by atoms with Gasteiger partial charge in [-0.1, -0.05) is 0 Å². The molecule has 2 N–H and O–H groups in total. The molecule has 0 amide bonds. The lowest BCUT2D eigenvalue weighted by Gasteiger charge is -2.05. The molecule has 0 saturated heterocycles. The van der Waals surface area contributed by atoms with E-state index in [0.29, 0.717) is 6.61 Å². The lowest BCUT2D eigenvalue weighted by atomic mass is 10.1. The molecule has 0 fully saturated rings. The molecule has 1 rings (SSSR count). The zero-order valence-electron chi connectivity index (χ0n) is 8.50. The van der Waals surface area contributed by atoms with Gasteiger partial charge < -0.3 is 10.5 Å². The van der Waals surface area contributed by atoms with Gasteiger partial charge in [0.05, 0.1) is 6.61 Å². The van der Waals surface area contributed by atoms with Crippen LogP contribution in [-0.4, -0.2) is 17.6 Å². The molecular formula is C10H13FN2O2. The Balaban J connectivity index is 2.61. The second kappa shape index (κ2) is 5.29. The average molecular weight is 212 g/mol. The van der Waals surface area contributed by atoms with Crippen LogP contribution in [0.2, 0.25) is 0 Å². The number of carbonyl (C=O) groups excluding carboxylic acids is 1. The van der Waals surface area contributed by atoms with Gasteiger partial charge in [0.1, 0.15) is 11.6 Å². The third-order valence-electron chi connectivity index (χ3n) is 1.92. The number of ether oxygens (including phenoxy) is 1. The zero-order chi connectivity index (χ0) is 11.3. The minimum absolute atomic E-state index is 0.112. The van der Waals surface area contributed by atoms with Gasteiger partial charge in [-0.15, -0.1) is 0 Å². The average Bonchev–Trinajstić information content (AvgIpc) is 2.17. The van der Waals surface area contributed by atoms with Crippen LogP contribution in [0.5, 0.6) is 0 Å². The van der Waals surface area contributed by atoms with Crippen LogP contribution < -0.4 is 5.73 Å². The normalized spacial score (nSPS) is 10.0. The number of rotatable bonds is 4. The highest BCUT2D eigenvalue weighted by Gasteiger charge is 2.10. The number of hydrogen-bond acceptors (Lipinski definition) is 4. The van der Waals surface area contributed by atoms with Crippen LogP contribution in [0.1, 0.15) is 18.9 Å². The molecule has 1 aromatic heterocycles. The topological polar surface area (TPSA) is 65.2 Å². The molecule has 0 spiro atoms. The molecule has 0 bridgehead atoms. The van der Waals surface area contributed by atoms with E-state index in [4.69, 9.17) is 10.5 Å². The molecule has 15 heavy (non-hydrogen) atoms. The molecule has 82 valence electrons. The number of nitrogens with zero attached hydrogens (tertiary/aromatic N) is 1. The number of anilines is 1. The van der Waals surface area contributed by atoms with Crippen LogP contribution in [-0.2, 0) is 16.0 Å². The maximum absolute atomic E-state index is 13.2. The molecule has 1 heterocycles. The molecule has 0 aliphatic heterocycles. The first-order valence-electron chi connectivity index (χ1n) is 4.69. The van der Waals surface area contributed by atoms with E-state index in [-0.39, 0.29) is 30.2 Å². The van der Waals surface area contributed by atoms with Crippen molar-refractivity contribution in [3.63, 3.8) is 0 Å². The van der Waals surface area contributed by atoms with Gasteiger partial charge in [0.2, 0.25) is 0 Å². The van der Waals surface area contributed by atoms with Gasteiger partial charge in [-0.3, -0.25) is 4.79 Å². The summed E-state index contributed by atoms with van der Waals surface area (Å²) in [6.07, 6.45) is 1.61. The molecule has 0 radical (unpaired) electrons. The van der Waals surface area contributed by atoms with Crippen molar-refractivity contribution in [1.29, 1.82) is 0 Å². The van der Waals surface area contributed by atoms with Crippen LogP contribution in [0, 0.1) is 5.82 Å². The van der Waals surface area contributed by atoms with E-state index in [1.54, 1.807) is 6.92 Å². The minimum atomic E-state index is -0.438. The Labute approximate surface area is 87.3 Å². The van der Waals surface area contributed by atoms with Gasteiger partial charge in [-0.2, -0.15) is 0 Å². The Morgan fingerprint density at radius 2 is 2.40 bits per heavy atom. The highest BCUT2D eigenvalue weighted by molar-refractivity contribution is 5.70. The summed E-state index contributed by atoms with van der Waals surface area (Å²) in [5.41, 5.74) is 5.75. The second-order valence-corrected chi connectivity index (χ2v) is 2.96. The van der Waals surface area contributed by atoms with Gasteiger partial charge in [0.15, 0.2) is 0 Å². The van der Waals surface area contributed by atoms with Gasteiger partial charge in [0, 0.05) is 18.2 Å². The summed E-state index contributed by atoms with van der Waals surface area (Å²) in [6, 6.07) is 1.22. The Morgan fingerprint density at radius 1 is 1.67 bits per heavy atom. The lowest BCUT2D eigenvalue weighted by molar-refractivity contribution is -0.143. The van der Waals surface area contributed by atoms with Crippen LogP contribution in [0.4, 0.5) is 10.2 Å². The third kappa shape index (κ3) is 3.19. The number of nitrogens with two attached hydrogens (primary N) is 1. The maximum atomic E-state index is 13.2. The molecule has 0 unspecified atom stereocenters. The summed E-state index contributed by atoms with van der Waals surface area (Å²) in [4.78, 5) is 14.8. The first kappa shape index (κ1) is 11.4. The predicted octanol–water partition coefficient (Wildman–Crippen LogP) is 1.30. The number of esters is 1. The highest BCUT2D eigenvalue weighted by Crippen LogP contribution is 2.14. The molecule has 4 nitrogen and oxygen atoms in total. The largest absolute Gasteiger partial charge is 0.466 e. The van der Waals surface area contributed by atoms with Crippen LogP contribution >= 0.6 is 0 Å². The zero-order valence-corrected chi connectivity index (χ0v) is 8.50. The van der Waals surface area contributed by atoms with E-state index in [1.165, 1.54) is 12.3 Å². The van der Waals surface area contributed by atoms with Gasteiger partial charge in [0.25, 0.3) is 0 Å². The van der Waals surface area contributed by atoms with E-state index in [9.17, 15) is 9.18 Å². The van der Waals surface area contributed by atoms with Crippen LogP contribution in [0.25, 0.3) is 0 Å². The Kier molecular flexibility index (Phi) is 4.03. The SMILES string of the molecule is CCOC(=O)CCc1c(F)ccnc1N. The van der Waals surface area contributed by atoms with Crippen molar-refractivity contribution >= 4 is 11.8 Å². The Hall–Kier alpha value is -1.65. The second-order valence-electron chi connectivity index (χ2n) is 2.96. The van der Waals surface area contributed by atoms with E-state index >= 15 is 0 Å². The van der Waals surface area contributed by atoms with Gasteiger partial charge in [-0.05, 0) is 19.4 Å².